The van der Waals surface area contributed by atoms with Crippen LogP contribution in [0.3, 0.4) is 0 Å². The summed E-state index contributed by atoms with van der Waals surface area (Å²) < 4.78 is 27.1. The molecule has 4 nitrogen and oxygen atoms in total. The number of rotatable bonds is 6. The highest BCUT2D eigenvalue weighted by Gasteiger charge is 2.21. The molecule has 2 rings (SSSR count). The first-order valence-corrected chi connectivity index (χ1v) is 9.64. The molecule has 0 amide bonds. The highest BCUT2D eigenvalue weighted by atomic mass is 32.2. The zero-order chi connectivity index (χ0) is 16.2. The largest absolute Gasteiger partial charge is 0.303 e. The maximum atomic E-state index is 12.2. The number of nitrogens with one attached hydrogen (secondary N) is 1. The van der Waals surface area contributed by atoms with Crippen molar-refractivity contribution in [2.24, 2.45) is 11.8 Å². The molecule has 0 spiro atoms. The lowest BCUT2D eigenvalue weighted by Crippen LogP contribution is -2.40. The third-order valence-electron chi connectivity index (χ3n) is 4.22. The lowest BCUT2D eigenvalue weighted by molar-refractivity contribution is 0.140. The van der Waals surface area contributed by atoms with E-state index in [-0.39, 0.29) is 0 Å². The first kappa shape index (κ1) is 17.4. The molecule has 1 heterocycles. The Morgan fingerprint density at radius 3 is 2.32 bits per heavy atom. The fraction of sp³-hybridized carbons (Fsp3) is 0.647. The molecule has 0 aromatic heterocycles. The summed E-state index contributed by atoms with van der Waals surface area (Å²) in [5.74, 6) is 1.49. The van der Waals surface area contributed by atoms with Crippen LogP contribution in [0.1, 0.15) is 32.3 Å². The molecule has 0 saturated carbocycles. The minimum atomic E-state index is -3.37. The van der Waals surface area contributed by atoms with E-state index in [0.29, 0.717) is 11.4 Å². The van der Waals surface area contributed by atoms with Crippen LogP contribution in [0, 0.1) is 18.8 Å². The molecule has 124 valence electrons. The number of sulfonamides is 1. The Labute approximate surface area is 135 Å². The Morgan fingerprint density at radius 1 is 1.14 bits per heavy atom. The van der Waals surface area contributed by atoms with Gasteiger partial charge in [0.15, 0.2) is 0 Å². The summed E-state index contributed by atoms with van der Waals surface area (Å²) in [5, 5.41) is 0. The van der Waals surface area contributed by atoms with Crippen molar-refractivity contribution in [1.29, 1.82) is 0 Å². The van der Waals surface area contributed by atoms with Crippen molar-refractivity contribution in [2.45, 2.75) is 38.5 Å². The van der Waals surface area contributed by atoms with Crippen molar-refractivity contribution >= 4 is 10.0 Å². The quantitative estimate of drug-likeness (QED) is 0.819. The van der Waals surface area contributed by atoms with Crippen LogP contribution < -0.4 is 4.72 Å². The highest BCUT2D eigenvalue weighted by Crippen LogP contribution is 2.20. The number of piperidine rings is 1. The lowest BCUT2D eigenvalue weighted by Gasteiger charge is -2.34. The van der Waals surface area contributed by atoms with Gasteiger partial charge in [0.05, 0.1) is 4.90 Å². The Bertz CT molecular complexity index is 559. The molecule has 0 radical (unpaired) electrons. The molecular weight excluding hydrogens is 296 g/mol. The van der Waals surface area contributed by atoms with E-state index in [0.717, 1.165) is 43.5 Å². The zero-order valence-corrected chi connectivity index (χ0v) is 14.7. The summed E-state index contributed by atoms with van der Waals surface area (Å²) in [6.45, 7) is 10.3. The van der Waals surface area contributed by atoms with Crippen LogP contribution in [0.15, 0.2) is 29.2 Å². The number of likely N-dealkylation sites (tertiary alicyclic amines) is 1. The Hall–Kier alpha value is -0.910. The van der Waals surface area contributed by atoms with Crippen molar-refractivity contribution in [3.05, 3.63) is 29.8 Å². The molecule has 0 aliphatic carbocycles. The normalized spacial score (nSPS) is 23.6. The standard InChI is InChI=1S/C17H28N2O2S/c1-14-5-7-17(8-6-14)22(20,21)18-9-4-10-19-12-15(2)11-16(3)13-19/h5-8,15-16,18H,4,9-13H2,1-3H3/t15-,16-/m1/s1. The predicted octanol–water partition coefficient (Wildman–Crippen LogP) is 2.64. The molecule has 1 N–H and O–H groups in total. The Balaban J connectivity index is 1.77. The molecular formula is C17H28N2O2S. The van der Waals surface area contributed by atoms with E-state index in [1.807, 2.05) is 19.1 Å². The van der Waals surface area contributed by atoms with Crippen molar-refractivity contribution in [3.63, 3.8) is 0 Å². The van der Waals surface area contributed by atoms with Gasteiger partial charge >= 0.3 is 0 Å². The molecule has 1 aliphatic rings. The summed E-state index contributed by atoms with van der Waals surface area (Å²) >= 11 is 0. The summed E-state index contributed by atoms with van der Waals surface area (Å²) in [4.78, 5) is 2.80. The third kappa shape index (κ3) is 5.07. The number of nitrogens with zero attached hydrogens (tertiary/aromatic N) is 1. The number of aryl methyl sites for hydroxylation is 1. The fourth-order valence-corrected chi connectivity index (χ4v) is 4.36. The summed E-state index contributed by atoms with van der Waals surface area (Å²) in [6.07, 6.45) is 2.15. The summed E-state index contributed by atoms with van der Waals surface area (Å²) in [7, 11) is -3.37. The van der Waals surface area contributed by atoms with Crippen LogP contribution in [-0.2, 0) is 10.0 Å². The summed E-state index contributed by atoms with van der Waals surface area (Å²) in [6, 6.07) is 6.97. The van der Waals surface area contributed by atoms with Crippen LogP contribution in [0.25, 0.3) is 0 Å². The van der Waals surface area contributed by atoms with Crippen molar-refractivity contribution < 1.29 is 8.42 Å². The number of benzene rings is 1. The van der Waals surface area contributed by atoms with Gasteiger partial charge in [-0.3, -0.25) is 0 Å². The smallest absolute Gasteiger partial charge is 0.240 e. The molecule has 1 aromatic carbocycles. The minimum Gasteiger partial charge on any atom is -0.303 e. The van der Waals surface area contributed by atoms with Crippen LogP contribution in [0.5, 0.6) is 0 Å². The maximum absolute atomic E-state index is 12.2. The van der Waals surface area contributed by atoms with Gasteiger partial charge in [-0.2, -0.15) is 0 Å². The minimum absolute atomic E-state index is 0.346. The van der Waals surface area contributed by atoms with E-state index in [2.05, 4.69) is 23.5 Å². The topological polar surface area (TPSA) is 49.4 Å². The van der Waals surface area contributed by atoms with Gasteiger partial charge in [0, 0.05) is 19.6 Å². The molecule has 1 fully saturated rings. The van der Waals surface area contributed by atoms with Gasteiger partial charge in [0.1, 0.15) is 0 Å². The monoisotopic (exact) mass is 324 g/mol. The molecule has 5 heteroatoms. The first-order valence-electron chi connectivity index (χ1n) is 8.15. The van der Waals surface area contributed by atoms with Gasteiger partial charge in [0.2, 0.25) is 10.0 Å². The maximum Gasteiger partial charge on any atom is 0.240 e. The van der Waals surface area contributed by atoms with E-state index >= 15 is 0 Å². The fourth-order valence-electron chi connectivity index (χ4n) is 3.28. The second kappa shape index (κ2) is 7.57. The van der Waals surface area contributed by atoms with Crippen LogP contribution in [-0.4, -0.2) is 39.5 Å². The predicted molar refractivity (Wildman–Crippen MR) is 90.4 cm³/mol. The third-order valence-corrected chi connectivity index (χ3v) is 5.70. The van der Waals surface area contributed by atoms with E-state index < -0.39 is 10.0 Å². The zero-order valence-electron chi connectivity index (χ0n) is 13.9. The number of hydrogen-bond acceptors (Lipinski definition) is 3. The molecule has 1 aliphatic heterocycles. The van der Waals surface area contributed by atoms with E-state index in [9.17, 15) is 8.42 Å². The second-order valence-corrected chi connectivity index (χ2v) is 8.54. The highest BCUT2D eigenvalue weighted by molar-refractivity contribution is 7.89. The van der Waals surface area contributed by atoms with Crippen molar-refractivity contribution in [2.75, 3.05) is 26.2 Å². The van der Waals surface area contributed by atoms with Crippen LogP contribution >= 0.6 is 0 Å². The van der Waals surface area contributed by atoms with Gasteiger partial charge in [-0.05, 0) is 50.3 Å². The van der Waals surface area contributed by atoms with Gasteiger partial charge in [-0.15, -0.1) is 0 Å². The SMILES string of the molecule is Cc1ccc(S(=O)(=O)NCCCN2C[C@H](C)C[C@@H](C)C2)cc1. The first-order chi connectivity index (χ1) is 10.4. The average Bonchev–Trinajstić information content (AvgIpc) is 2.43. The summed E-state index contributed by atoms with van der Waals surface area (Å²) in [5.41, 5.74) is 1.06. The van der Waals surface area contributed by atoms with Gasteiger partial charge < -0.3 is 4.90 Å². The average molecular weight is 324 g/mol. The van der Waals surface area contributed by atoms with E-state index in [1.54, 1.807) is 12.1 Å². The van der Waals surface area contributed by atoms with Gasteiger partial charge in [-0.25, -0.2) is 13.1 Å². The molecule has 22 heavy (non-hydrogen) atoms. The Kier molecular flexibility index (Phi) is 6.01. The van der Waals surface area contributed by atoms with E-state index in [1.165, 1.54) is 6.42 Å². The van der Waals surface area contributed by atoms with E-state index in [4.69, 9.17) is 0 Å². The van der Waals surface area contributed by atoms with Crippen molar-refractivity contribution in [3.8, 4) is 0 Å². The molecule has 1 aromatic rings. The van der Waals surface area contributed by atoms with Gasteiger partial charge in [-0.1, -0.05) is 31.5 Å². The molecule has 0 bridgehead atoms. The van der Waals surface area contributed by atoms with Gasteiger partial charge in [0.25, 0.3) is 0 Å². The lowest BCUT2D eigenvalue weighted by atomic mass is 9.92. The molecule has 1 saturated heterocycles. The van der Waals surface area contributed by atoms with Crippen LogP contribution in [0.4, 0.5) is 0 Å². The second-order valence-electron chi connectivity index (χ2n) is 6.77. The Morgan fingerprint density at radius 2 is 1.73 bits per heavy atom. The van der Waals surface area contributed by atoms with Crippen molar-refractivity contribution in [1.82, 2.24) is 9.62 Å². The molecule has 2 atom stereocenters. The number of hydrogen-bond donors (Lipinski definition) is 1. The van der Waals surface area contributed by atoms with Crippen LogP contribution in [0.2, 0.25) is 0 Å². The molecule has 0 unspecified atom stereocenters.